The lowest BCUT2D eigenvalue weighted by molar-refractivity contribution is 0.553. The summed E-state index contributed by atoms with van der Waals surface area (Å²) < 4.78 is 0. The van der Waals surface area contributed by atoms with Gasteiger partial charge in [-0.1, -0.05) is 25.7 Å². The summed E-state index contributed by atoms with van der Waals surface area (Å²) in [6, 6.07) is 8.51. The summed E-state index contributed by atoms with van der Waals surface area (Å²) in [7, 11) is 2.13. The van der Waals surface area contributed by atoms with E-state index >= 15 is 0 Å². The standard InChI is InChI=1S/C15H21N3/c1-18(13-6-4-2-3-5-7-13)14-8-9-15(17)12(10-14)11-16/h8-10,13H,2-7,17H2,1H3. The SMILES string of the molecule is CN(c1ccc(N)c(C#N)c1)C1CCCCCC1. The summed E-state index contributed by atoms with van der Waals surface area (Å²) in [6.45, 7) is 0. The predicted octanol–water partition coefficient (Wildman–Crippen LogP) is 3.30. The van der Waals surface area contributed by atoms with Gasteiger partial charge in [0.15, 0.2) is 0 Å². The van der Waals surface area contributed by atoms with Gasteiger partial charge in [-0.05, 0) is 31.0 Å². The molecule has 96 valence electrons. The number of hydrogen-bond acceptors (Lipinski definition) is 3. The molecule has 1 aromatic carbocycles. The number of hydrogen-bond donors (Lipinski definition) is 1. The molecule has 0 heterocycles. The number of nitriles is 1. The van der Waals surface area contributed by atoms with Crippen molar-refractivity contribution in [3.63, 3.8) is 0 Å². The molecule has 3 nitrogen and oxygen atoms in total. The molecule has 0 aliphatic heterocycles. The molecule has 1 aromatic rings. The molecule has 0 radical (unpaired) electrons. The molecular weight excluding hydrogens is 222 g/mol. The summed E-state index contributed by atoms with van der Waals surface area (Å²) >= 11 is 0. The summed E-state index contributed by atoms with van der Waals surface area (Å²) in [6.07, 6.45) is 7.85. The second kappa shape index (κ2) is 5.77. The zero-order valence-corrected chi connectivity index (χ0v) is 11.0. The van der Waals surface area contributed by atoms with Crippen molar-refractivity contribution in [2.45, 2.75) is 44.6 Å². The van der Waals surface area contributed by atoms with E-state index in [4.69, 9.17) is 11.0 Å². The Morgan fingerprint density at radius 2 is 1.89 bits per heavy atom. The van der Waals surface area contributed by atoms with Gasteiger partial charge in [0.05, 0.1) is 5.56 Å². The molecule has 18 heavy (non-hydrogen) atoms. The van der Waals surface area contributed by atoms with Crippen molar-refractivity contribution >= 4 is 11.4 Å². The van der Waals surface area contributed by atoms with Crippen LogP contribution in [0.15, 0.2) is 18.2 Å². The quantitative estimate of drug-likeness (QED) is 0.640. The lowest BCUT2D eigenvalue weighted by atomic mass is 10.1. The van der Waals surface area contributed by atoms with Gasteiger partial charge < -0.3 is 10.6 Å². The Labute approximate surface area is 109 Å². The van der Waals surface area contributed by atoms with Gasteiger partial charge >= 0.3 is 0 Å². The van der Waals surface area contributed by atoms with Gasteiger partial charge in [-0.15, -0.1) is 0 Å². The van der Waals surface area contributed by atoms with Gasteiger partial charge in [-0.3, -0.25) is 0 Å². The van der Waals surface area contributed by atoms with Crippen molar-refractivity contribution in [1.82, 2.24) is 0 Å². The minimum absolute atomic E-state index is 0.565. The van der Waals surface area contributed by atoms with Gasteiger partial charge in [-0.25, -0.2) is 0 Å². The van der Waals surface area contributed by atoms with Crippen molar-refractivity contribution < 1.29 is 0 Å². The van der Waals surface area contributed by atoms with Crippen LogP contribution in [0.1, 0.15) is 44.1 Å². The Morgan fingerprint density at radius 3 is 2.50 bits per heavy atom. The first-order chi connectivity index (χ1) is 8.72. The smallest absolute Gasteiger partial charge is 0.101 e. The Hall–Kier alpha value is -1.69. The zero-order valence-electron chi connectivity index (χ0n) is 11.0. The molecule has 3 heteroatoms. The van der Waals surface area contributed by atoms with Crippen LogP contribution >= 0.6 is 0 Å². The molecule has 0 atom stereocenters. The third-order valence-electron chi connectivity index (χ3n) is 3.94. The van der Waals surface area contributed by atoms with Crippen LogP contribution in [0.3, 0.4) is 0 Å². The van der Waals surface area contributed by atoms with Crippen LogP contribution in [0.2, 0.25) is 0 Å². The van der Waals surface area contributed by atoms with E-state index in [2.05, 4.69) is 18.0 Å². The number of rotatable bonds is 2. The molecule has 0 unspecified atom stereocenters. The number of anilines is 2. The van der Waals surface area contributed by atoms with Crippen molar-refractivity contribution in [2.75, 3.05) is 17.7 Å². The number of benzene rings is 1. The van der Waals surface area contributed by atoms with E-state index < -0.39 is 0 Å². The molecule has 0 spiro atoms. The molecule has 1 saturated carbocycles. The van der Waals surface area contributed by atoms with Crippen LogP contribution in [0, 0.1) is 11.3 Å². The Morgan fingerprint density at radius 1 is 1.22 bits per heavy atom. The zero-order chi connectivity index (χ0) is 13.0. The summed E-state index contributed by atoms with van der Waals surface area (Å²) in [5.74, 6) is 0. The van der Waals surface area contributed by atoms with Crippen molar-refractivity contribution in [2.24, 2.45) is 0 Å². The predicted molar refractivity (Wildman–Crippen MR) is 75.5 cm³/mol. The molecule has 0 aromatic heterocycles. The molecule has 0 saturated heterocycles. The maximum atomic E-state index is 9.03. The van der Waals surface area contributed by atoms with Crippen molar-refractivity contribution in [3.8, 4) is 6.07 Å². The minimum atomic E-state index is 0.565. The average molecular weight is 243 g/mol. The Bertz CT molecular complexity index is 440. The number of nitrogen functional groups attached to an aromatic ring is 1. The molecule has 2 rings (SSSR count). The molecule has 2 N–H and O–H groups in total. The molecular formula is C15H21N3. The highest BCUT2D eigenvalue weighted by atomic mass is 15.1. The summed E-state index contributed by atoms with van der Waals surface area (Å²) in [5, 5.41) is 9.03. The van der Waals surface area contributed by atoms with E-state index in [1.54, 1.807) is 0 Å². The number of nitrogens with two attached hydrogens (primary N) is 1. The fourth-order valence-corrected chi connectivity index (χ4v) is 2.72. The van der Waals surface area contributed by atoms with Crippen LogP contribution in [0.4, 0.5) is 11.4 Å². The number of nitrogens with zero attached hydrogens (tertiary/aromatic N) is 2. The maximum absolute atomic E-state index is 9.03. The van der Waals surface area contributed by atoms with Gasteiger partial charge in [0, 0.05) is 24.5 Å². The van der Waals surface area contributed by atoms with E-state index in [0.717, 1.165) is 5.69 Å². The van der Waals surface area contributed by atoms with Crippen molar-refractivity contribution in [3.05, 3.63) is 23.8 Å². The van der Waals surface area contributed by atoms with Gasteiger partial charge in [0.2, 0.25) is 0 Å². The van der Waals surface area contributed by atoms with Crippen LogP contribution in [0.5, 0.6) is 0 Å². The van der Waals surface area contributed by atoms with Gasteiger partial charge in [-0.2, -0.15) is 5.26 Å². The molecule has 0 amide bonds. The lowest BCUT2D eigenvalue weighted by Gasteiger charge is -2.29. The van der Waals surface area contributed by atoms with Crippen molar-refractivity contribution in [1.29, 1.82) is 5.26 Å². The van der Waals surface area contributed by atoms with E-state index in [1.165, 1.54) is 38.5 Å². The third-order valence-corrected chi connectivity index (χ3v) is 3.94. The molecule has 1 fully saturated rings. The maximum Gasteiger partial charge on any atom is 0.101 e. The second-order valence-electron chi connectivity index (χ2n) is 5.14. The topological polar surface area (TPSA) is 53.0 Å². The normalized spacial score (nSPS) is 16.9. The highest BCUT2D eigenvalue weighted by Crippen LogP contribution is 2.27. The first-order valence-electron chi connectivity index (χ1n) is 6.75. The summed E-state index contributed by atoms with van der Waals surface area (Å²) in [5.41, 5.74) is 8.01. The molecule has 1 aliphatic rings. The highest BCUT2D eigenvalue weighted by molar-refractivity contribution is 5.62. The van der Waals surface area contributed by atoms with Crippen LogP contribution in [0.25, 0.3) is 0 Å². The molecule has 0 bridgehead atoms. The van der Waals surface area contributed by atoms with Crippen LogP contribution < -0.4 is 10.6 Å². The van der Waals surface area contributed by atoms with Crippen LogP contribution in [-0.2, 0) is 0 Å². The fourth-order valence-electron chi connectivity index (χ4n) is 2.72. The first kappa shape index (κ1) is 12.8. The summed E-state index contributed by atoms with van der Waals surface area (Å²) in [4.78, 5) is 2.31. The minimum Gasteiger partial charge on any atom is -0.398 e. The fraction of sp³-hybridized carbons (Fsp3) is 0.533. The largest absolute Gasteiger partial charge is 0.398 e. The second-order valence-corrected chi connectivity index (χ2v) is 5.14. The lowest BCUT2D eigenvalue weighted by Crippen LogP contribution is -2.31. The first-order valence-corrected chi connectivity index (χ1v) is 6.75. The Balaban J connectivity index is 2.17. The van der Waals surface area contributed by atoms with E-state index in [1.807, 2.05) is 18.2 Å². The molecule has 1 aliphatic carbocycles. The monoisotopic (exact) mass is 243 g/mol. The average Bonchev–Trinajstić information content (AvgIpc) is 2.67. The van der Waals surface area contributed by atoms with Crippen LogP contribution in [-0.4, -0.2) is 13.1 Å². The van der Waals surface area contributed by atoms with E-state index in [-0.39, 0.29) is 0 Å². The van der Waals surface area contributed by atoms with Gasteiger partial charge in [0.1, 0.15) is 6.07 Å². The van der Waals surface area contributed by atoms with E-state index in [0.29, 0.717) is 17.3 Å². The Kier molecular flexibility index (Phi) is 4.09. The van der Waals surface area contributed by atoms with Gasteiger partial charge in [0.25, 0.3) is 0 Å². The highest BCUT2D eigenvalue weighted by Gasteiger charge is 2.17. The van der Waals surface area contributed by atoms with E-state index in [9.17, 15) is 0 Å². The third kappa shape index (κ3) is 2.76.